The molecule has 2 heteroatoms. The number of rotatable bonds is 2. The average molecular weight is 330 g/mol. The van der Waals surface area contributed by atoms with Crippen LogP contribution in [0.4, 0.5) is 0 Å². The molecule has 0 fully saturated rings. The van der Waals surface area contributed by atoms with Gasteiger partial charge in [-0.25, -0.2) is 0 Å². The van der Waals surface area contributed by atoms with Crippen molar-refractivity contribution in [2.24, 2.45) is 0 Å². The molecule has 1 aliphatic carbocycles. The van der Waals surface area contributed by atoms with Crippen molar-refractivity contribution in [3.8, 4) is 0 Å². The summed E-state index contributed by atoms with van der Waals surface area (Å²) in [6.07, 6.45) is 0. The van der Waals surface area contributed by atoms with Gasteiger partial charge in [0.15, 0.2) is 0 Å². The lowest BCUT2D eigenvalue weighted by atomic mass is 9.93. The monoisotopic (exact) mass is 330 g/mol. The lowest BCUT2D eigenvalue weighted by Crippen LogP contribution is -1.90. The minimum Gasteiger partial charge on any atom is -0.153 e. The zero-order chi connectivity index (χ0) is 17.9. The minimum atomic E-state index is 0.113. The van der Waals surface area contributed by atoms with Crippen LogP contribution in [0, 0.1) is 13.1 Å². The van der Waals surface area contributed by atoms with Gasteiger partial charge in [0.25, 0.3) is 0 Å². The molecule has 4 rings (SSSR count). The normalized spacial score (nSPS) is 12.3. The summed E-state index contributed by atoms with van der Waals surface area (Å²) in [6.45, 7) is 15.0. The minimum absolute atomic E-state index is 0.113. The van der Waals surface area contributed by atoms with Crippen LogP contribution in [-0.4, -0.2) is 0 Å². The van der Waals surface area contributed by atoms with Gasteiger partial charge in [-0.1, -0.05) is 84.9 Å². The highest BCUT2D eigenvalue weighted by Crippen LogP contribution is 2.50. The van der Waals surface area contributed by atoms with Crippen molar-refractivity contribution in [2.45, 2.75) is 0 Å². The summed E-state index contributed by atoms with van der Waals surface area (Å²) in [7, 11) is 0. The number of hydrogen-bond acceptors (Lipinski definition) is 0. The van der Waals surface area contributed by atoms with Gasteiger partial charge in [-0.05, 0) is 33.4 Å². The summed E-state index contributed by atoms with van der Waals surface area (Å²) in [6, 6.07) is 28.2. The van der Waals surface area contributed by atoms with E-state index in [0.717, 1.165) is 39.0 Å². The first-order valence-corrected chi connectivity index (χ1v) is 8.29. The van der Waals surface area contributed by atoms with Crippen molar-refractivity contribution >= 4 is 16.7 Å². The number of hydrogen-bond donors (Lipinski definition) is 0. The van der Waals surface area contributed by atoms with Gasteiger partial charge in [0.2, 0.25) is 0 Å². The van der Waals surface area contributed by atoms with E-state index in [1.54, 1.807) is 0 Å². The molecule has 0 bridgehead atoms. The highest BCUT2D eigenvalue weighted by atomic mass is 14.9. The Morgan fingerprint density at radius 2 is 1.00 bits per heavy atom. The first-order chi connectivity index (χ1) is 12.8. The van der Waals surface area contributed by atoms with E-state index in [2.05, 4.69) is 27.9 Å². The summed E-state index contributed by atoms with van der Waals surface area (Å²) < 4.78 is 0. The Kier molecular flexibility index (Phi) is 3.94. The second kappa shape index (κ2) is 6.55. The Labute approximate surface area is 153 Å². The predicted molar refractivity (Wildman–Crippen MR) is 105 cm³/mol. The molecule has 26 heavy (non-hydrogen) atoms. The zero-order valence-electron chi connectivity index (χ0n) is 14.0. The molecular weight excluding hydrogens is 316 g/mol. The van der Waals surface area contributed by atoms with E-state index in [1.165, 1.54) is 0 Å². The highest BCUT2D eigenvalue weighted by molar-refractivity contribution is 6.25. The molecule has 0 unspecified atom stereocenters. The number of allylic oxidation sites excluding steroid dienone is 2. The molecule has 2 nitrogen and oxygen atoms in total. The third-order valence-electron chi connectivity index (χ3n) is 4.53. The van der Waals surface area contributed by atoms with E-state index in [9.17, 15) is 0 Å². The maximum atomic E-state index is 7.52. The maximum Gasteiger partial charge on any atom is 0.527 e. The molecule has 0 atom stereocenters. The number of nitrogens with zero attached hydrogens (tertiary/aromatic N) is 2. The zero-order valence-corrected chi connectivity index (χ0v) is 14.0. The van der Waals surface area contributed by atoms with E-state index >= 15 is 0 Å². The van der Waals surface area contributed by atoms with Gasteiger partial charge in [-0.2, -0.15) is 9.69 Å². The molecule has 0 saturated heterocycles. The van der Waals surface area contributed by atoms with Gasteiger partial charge in [0.05, 0.1) is 5.57 Å². The lowest BCUT2D eigenvalue weighted by Gasteiger charge is -2.10. The van der Waals surface area contributed by atoms with Crippen molar-refractivity contribution in [1.29, 1.82) is 0 Å². The molecule has 0 aliphatic heterocycles. The lowest BCUT2D eigenvalue weighted by molar-refractivity contribution is 1.54. The molecule has 0 radical (unpaired) electrons. The first kappa shape index (κ1) is 15.6. The van der Waals surface area contributed by atoms with Crippen molar-refractivity contribution in [3.63, 3.8) is 0 Å². The molecule has 0 saturated carbocycles. The van der Waals surface area contributed by atoms with Gasteiger partial charge >= 0.3 is 5.82 Å². The van der Waals surface area contributed by atoms with E-state index in [4.69, 9.17) is 13.1 Å². The molecule has 120 valence electrons. The van der Waals surface area contributed by atoms with Crippen molar-refractivity contribution < 1.29 is 0 Å². The summed E-state index contributed by atoms with van der Waals surface area (Å²) >= 11 is 0. The predicted octanol–water partition coefficient (Wildman–Crippen LogP) is 6.17. The van der Waals surface area contributed by atoms with Crippen LogP contribution in [0.15, 0.2) is 90.8 Å². The Balaban J connectivity index is 2.17. The smallest absolute Gasteiger partial charge is 0.153 e. The molecule has 3 aromatic carbocycles. The molecule has 0 N–H and O–H groups in total. The summed E-state index contributed by atoms with van der Waals surface area (Å²) in [5.74, 6) is 0.113. The second-order valence-corrected chi connectivity index (χ2v) is 5.95. The van der Waals surface area contributed by atoms with Gasteiger partial charge < -0.3 is 0 Å². The fourth-order valence-electron chi connectivity index (χ4n) is 3.48. The van der Waals surface area contributed by atoms with Crippen molar-refractivity contribution in [2.75, 3.05) is 0 Å². The third kappa shape index (κ3) is 2.42. The number of fused-ring (bicyclic) bond motifs is 1. The van der Waals surface area contributed by atoms with Crippen LogP contribution in [-0.2, 0) is 0 Å². The molecule has 0 amide bonds. The Morgan fingerprint density at radius 1 is 0.538 bits per heavy atom. The topological polar surface area (TPSA) is 8.72 Å². The SMILES string of the molecule is [C-]#[N+]C([N+]#[C-])=C1C(c2ccccc2)=C(c2ccccc2)c2ccccc21. The van der Waals surface area contributed by atoms with Crippen molar-refractivity contribution in [3.05, 3.63) is 136 Å². The van der Waals surface area contributed by atoms with Crippen LogP contribution < -0.4 is 0 Å². The van der Waals surface area contributed by atoms with Crippen LogP contribution in [0.3, 0.4) is 0 Å². The maximum absolute atomic E-state index is 7.52. The van der Waals surface area contributed by atoms with Gasteiger partial charge in [-0.15, -0.1) is 0 Å². The van der Waals surface area contributed by atoms with E-state index in [-0.39, 0.29) is 5.82 Å². The second-order valence-electron chi connectivity index (χ2n) is 5.95. The molecule has 3 aromatic rings. The first-order valence-electron chi connectivity index (χ1n) is 8.29. The van der Waals surface area contributed by atoms with Crippen LogP contribution in [0.1, 0.15) is 22.3 Å². The van der Waals surface area contributed by atoms with Crippen LogP contribution in [0.5, 0.6) is 0 Å². The summed E-state index contributed by atoms with van der Waals surface area (Å²) in [5.41, 5.74) is 6.89. The van der Waals surface area contributed by atoms with E-state index < -0.39 is 0 Å². The van der Waals surface area contributed by atoms with Gasteiger partial charge in [0, 0.05) is 0 Å². The summed E-state index contributed by atoms with van der Waals surface area (Å²) in [4.78, 5) is 7.07. The van der Waals surface area contributed by atoms with E-state index in [1.807, 2.05) is 66.7 Å². The Hall–Kier alpha value is -3.88. The van der Waals surface area contributed by atoms with Crippen LogP contribution in [0.25, 0.3) is 26.4 Å². The Bertz CT molecular complexity index is 1110. The third-order valence-corrected chi connectivity index (χ3v) is 4.53. The standard InChI is InChI=1S/C24H14N2/c1-25-24(26-2)23-20-16-10-9-15-19(20)21(17-11-5-3-6-12-17)22(23)18-13-7-4-8-14-18/h3-16H. The molecule has 0 aromatic heterocycles. The quantitative estimate of drug-likeness (QED) is 0.497. The van der Waals surface area contributed by atoms with Crippen molar-refractivity contribution in [1.82, 2.24) is 0 Å². The molecule has 1 aliphatic rings. The largest absolute Gasteiger partial charge is 0.527 e. The fourth-order valence-corrected chi connectivity index (χ4v) is 3.48. The average Bonchev–Trinajstić information content (AvgIpc) is 3.06. The molecule has 0 spiro atoms. The van der Waals surface area contributed by atoms with Crippen LogP contribution in [0.2, 0.25) is 0 Å². The van der Waals surface area contributed by atoms with Gasteiger partial charge in [-0.3, -0.25) is 0 Å². The molecule has 0 heterocycles. The number of benzene rings is 3. The summed E-state index contributed by atoms with van der Waals surface area (Å²) in [5, 5.41) is 0. The van der Waals surface area contributed by atoms with Crippen LogP contribution >= 0.6 is 0 Å². The van der Waals surface area contributed by atoms with Gasteiger partial charge in [0.1, 0.15) is 13.1 Å². The molecular formula is C24H14N2. The Morgan fingerprint density at radius 3 is 1.54 bits per heavy atom. The highest BCUT2D eigenvalue weighted by Gasteiger charge is 2.33. The van der Waals surface area contributed by atoms with E-state index in [0.29, 0.717) is 0 Å². The fraction of sp³-hybridized carbons (Fsp3) is 0.